The van der Waals surface area contributed by atoms with E-state index in [1.165, 1.54) is 0 Å². The Kier molecular flexibility index (Phi) is 10.1. The van der Waals surface area contributed by atoms with Crippen molar-refractivity contribution in [1.82, 2.24) is 4.90 Å². The Morgan fingerprint density at radius 1 is 1.12 bits per heavy atom. The molecule has 0 aromatic carbocycles. The molecule has 148 valence electrons. The molecule has 0 radical (unpaired) electrons. The van der Waals surface area contributed by atoms with E-state index in [0.29, 0.717) is 13.0 Å². The second kappa shape index (κ2) is 11.2. The van der Waals surface area contributed by atoms with E-state index in [9.17, 15) is 4.79 Å². The fraction of sp³-hybridized carbons (Fsp3) is 0.947. The van der Waals surface area contributed by atoms with E-state index in [-0.39, 0.29) is 49.0 Å². The zero-order chi connectivity index (χ0) is 19.0. The van der Waals surface area contributed by atoms with Crippen molar-refractivity contribution in [2.75, 3.05) is 33.9 Å². The van der Waals surface area contributed by atoms with Gasteiger partial charge < -0.3 is 23.8 Å². The molecule has 0 unspecified atom stereocenters. The molecule has 25 heavy (non-hydrogen) atoms. The lowest BCUT2D eigenvalue weighted by molar-refractivity contribution is -0.132. The van der Waals surface area contributed by atoms with Crippen molar-refractivity contribution >= 4 is 5.78 Å². The van der Waals surface area contributed by atoms with Gasteiger partial charge in [-0.2, -0.15) is 0 Å². The molecule has 1 rings (SSSR count). The molecule has 0 amide bonds. The second-order valence-corrected chi connectivity index (χ2v) is 7.63. The van der Waals surface area contributed by atoms with Crippen molar-refractivity contribution in [3.05, 3.63) is 0 Å². The van der Waals surface area contributed by atoms with Crippen molar-refractivity contribution < 1.29 is 23.7 Å². The van der Waals surface area contributed by atoms with Gasteiger partial charge in [-0.25, -0.2) is 0 Å². The summed E-state index contributed by atoms with van der Waals surface area (Å²) in [6, 6.07) is 0. The summed E-state index contributed by atoms with van der Waals surface area (Å²) < 4.78 is 23.6. The number of hydrogen-bond acceptors (Lipinski definition) is 6. The monoisotopic (exact) mass is 359 g/mol. The number of Topliss-reactive ketones (excluding diaryl/α,β-unsaturated/α-hetero) is 1. The van der Waals surface area contributed by atoms with E-state index in [4.69, 9.17) is 18.9 Å². The molecule has 6 heteroatoms. The predicted octanol–water partition coefficient (Wildman–Crippen LogP) is 2.29. The Bertz CT molecular complexity index is 386. The molecule has 1 heterocycles. The van der Waals surface area contributed by atoms with E-state index in [2.05, 4.69) is 4.90 Å². The zero-order valence-corrected chi connectivity index (χ0v) is 17.0. The van der Waals surface area contributed by atoms with Gasteiger partial charge in [-0.3, -0.25) is 4.79 Å². The fourth-order valence-electron chi connectivity index (χ4n) is 2.89. The summed E-state index contributed by atoms with van der Waals surface area (Å²) in [6.45, 7) is 11.4. The van der Waals surface area contributed by atoms with Gasteiger partial charge in [0.25, 0.3) is 0 Å². The van der Waals surface area contributed by atoms with Gasteiger partial charge in [0.1, 0.15) is 24.9 Å². The molecular formula is C19H37NO5. The quantitative estimate of drug-likeness (QED) is 0.533. The summed E-state index contributed by atoms with van der Waals surface area (Å²) in [5, 5.41) is 0. The third-order valence-corrected chi connectivity index (χ3v) is 4.06. The molecule has 0 aromatic heterocycles. The van der Waals surface area contributed by atoms with Crippen LogP contribution in [0.4, 0.5) is 0 Å². The van der Waals surface area contributed by atoms with Gasteiger partial charge in [0.15, 0.2) is 5.78 Å². The highest BCUT2D eigenvalue weighted by molar-refractivity contribution is 5.79. The van der Waals surface area contributed by atoms with Crippen LogP contribution in [-0.2, 0) is 23.7 Å². The molecule has 0 aromatic rings. The van der Waals surface area contributed by atoms with Crippen molar-refractivity contribution in [3.8, 4) is 0 Å². The van der Waals surface area contributed by atoms with Crippen LogP contribution in [0, 0.1) is 0 Å². The Morgan fingerprint density at radius 3 is 2.36 bits per heavy atom. The van der Waals surface area contributed by atoms with Gasteiger partial charge in [-0.15, -0.1) is 0 Å². The first-order valence-corrected chi connectivity index (χ1v) is 9.41. The Labute approximate surface area is 153 Å². The number of rotatable bonds is 12. The van der Waals surface area contributed by atoms with Gasteiger partial charge in [0, 0.05) is 6.42 Å². The maximum Gasteiger partial charge on any atom is 0.158 e. The summed E-state index contributed by atoms with van der Waals surface area (Å²) in [6.07, 6.45) is 0.814. The summed E-state index contributed by atoms with van der Waals surface area (Å²) in [5.74, 6) is 0.124. The molecule has 1 saturated heterocycles. The van der Waals surface area contributed by atoms with E-state index >= 15 is 0 Å². The molecule has 0 bridgehead atoms. The lowest BCUT2D eigenvalue weighted by Gasteiger charge is -2.26. The van der Waals surface area contributed by atoms with Crippen molar-refractivity contribution in [2.24, 2.45) is 0 Å². The van der Waals surface area contributed by atoms with E-state index in [0.717, 1.165) is 13.0 Å². The largest absolute Gasteiger partial charge is 0.376 e. The van der Waals surface area contributed by atoms with Crippen LogP contribution >= 0.6 is 0 Å². The average Bonchev–Trinajstić information content (AvgIpc) is 2.77. The van der Waals surface area contributed by atoms with E-state index in [1.807, 2.05) is 48.7 Å². The van der Waals surface area contributed by atoms with Gasteiger partial charge in [-0.1, -0.05) is 0 Å². The highest BCUT2D eigenvalue weighted by Gasteiger charge is 2.44. The third-order valence-electron chi connectivity index (χ3n) is 4.06. The molecule has 0 saturated carbocycles. The van der Waals surface area contributed by atoms with Crippen LogP contribution in [0.25, 0.3) is 0 Å². The summed E-state index contributed by atoms with van der Waals surface area (Å²) in [4.78, 5) is 14.1. The number of carbonyl (C=O) groups is 1. The molecule has 0 spiro atoms. The molecule has 4 atom stereocenters. The van der Waals surface area contributed by atoms with Gasteiger partial charge >= 0.3 is 0 Å². The molecule has 1 fully saturated rings. The maximum absolute atomic E-state index is 12.1. The fourth-order valence-corrected chi connectivity index (χ4v) is 2.89. The molecular weight excluding hydrogens is 322 g/mol. The van der Waals surface area contributed by atoms with Gasteiger partial charge in [0.2, 0.25) is 0 Å². The van der Waals surface area contributed by atoms with Crippen LogP contribution in [-0.4, -0.2) is 81.2 Å². The number of hydrogen-bond donors (Lipinski definition) is 0. The third kappa shape index (κ3) is 8.60. The van der Waals surface area contributed by atoms with E-state index < -0.39 is 0 Å². The SMILES string of the molecule is CC(C)OC[C@H]1O[C@@H](C)[C@H](OCC(=O)CCCN(C)C)[C@@H]1OC(C)C. The first-order valence-electron chi connectivity index (χ1n) is 9.41. The van der Waals surface area contributed by atoms with Crippen LogP contribution in [0.15, 0.2) is 0 Å². The molecule has 1 aliphatic rings. The van der Waals surface area contributed by atoms with Crippen molar-refractivity contribution in [1.29, 1.82) is 0 Å². The highest BCUT2D eigenvalue weighted by Crippen LogP contribution is 2.28. The Morgan fingerprint density at radius 2 is 1.80 bits per heavy atom. The molecule has 1 aliphatic heterocycles. The summed E-state index contributed by atoms with van der Waals surface area (Å²) in [7, 11) is 4.01. The number of nitrogens with zero attached hydrogens (tertiary/aromatic N) is 1. The van der Waals surface area contributed by atoms with Crippen LogP contribution in [0.3, 0.4) is 0 Å². The van der Waals surface area contributed by atoms with E-state index in [1.54, 1.807) is 0 Å². The summed E-state index contributed by atoms with van der Waals surface area (Å²) in [5.41, 5.74) is 0. The normalized spacial score (nSPS) is 27.0. The summed E-state index contributed by atoms with van der Waals surface area (Å²) >= 11 is 0. The Balaban J connectivity index is 2.54. The number of carbonyl (C=O) groups excluding carboxylic acids is 1. The molecule has 0 aliphatic carbocycles. The average molecular weight is 360 g/mol. The lowest BCUT2D eigenvalue weighted by Crippen LogP contribution is -2.41. The number of ketones is 1. The smallest absolute Gasteiger partial charge is 0.158 e. The van der Waals surface area contributed by atoms with Crippen molar-refractivity contribution in [3.63, 3.8) is 0 Å². The van der Waals surface area contributed by atoms with Crippen LogP contribution in [0.5, 0.6) is 0 Å². The van der Waals surface area contributed by atoms with Gasteiger partial charge in [0.05, 0.1) is 24.9 Å². The molecule has 0 N–H and O–H groups in total. The lowest BCUT2D eigenvalue weighted by atomic mass is 10.1. The Hall–Kier alpha value is -0.530. The second-order valence-electron chi connectivity index (χ2n) is 7.63. The zero-order valence-electron chi connectivity index (χ0n) is 17.0. The van der Waals surface area contributed by atoms with Crippen molar-refractivity contribution in [2.45, 2.75) is 84.1 Å². The minimum atomic E-state index is -0.249. The van der Waals surface area contributed by atoms with Gasteiger partial charge in [-0.05, 0) is 61.7 Å². The van der Waals surface area contributed by atoms with Crippen LogP contribution < -0.4 is 0 Å². The van der Waals surface area contributed by atoms with Crippen LogP contribution in [0.1, 0.15) is 47.5 Å². The highest BCUT2D eigenvalue weighted by atomic mass is 16.6. The maximum atomic E-state index is 12.1. The first-order chi connectivity index (χ1) is 11.7. The van der Waals surface area contributed by atoms with Crippen LogP contribution in [0.2, 0.25) is 0 Å². The molecule has 6 nitrogen and oxygen atoms in total. The number of ether oxygens (including phenoxy) is 4. The minimum Gasteiger partial charge on any atom is -0.376 e. The standard InChI is InChI=1S/C19H37NO5/c1-13(2)22-12-17-19(24-14(3)4)18(15(5)25-17)23-11-16(21)9-8-10-20(6)7/h13-15,17-19H,8-12H2,1-7H3/t15-,17+,18-,19+/m0/s1. The predicted molar refractivity (Wildman–Crippen MR) is 98.0 cm³/mol. The first kappa shape index (κ1) is 22.5. The minimum absolute atomic E-state index is 0.0577. The topological polar surface area (TPSA) is 57.2 Å².